The number of aliphatic hydroxyl groups excluding tert-OH is 4. The standard InChI is InChI=1S/C24H28N2O7.C21H22N2O7/c1-4-8-33-14-7-5-6-11-9-12-10-13-18(26(2)3)20(28)17(23(25)31)22(30)24(13,32)21(29)16(12)19(27)15(11)14;1-23(2)15-10-7-9-6-8-4-3-5-11(24)12(8)16(25)13(9)18(27)21(10,30)19(28)14(17(15)26)20(22)29/h5-7,12-13,18,27,30,32H,4,8-10H2,1-3H3,(H2,25,31);3-5,9-10,15,24-25,28,30H,6-7H2,1-2H3,(H2,22,29)/t12-,13-,18-,24-;9-,10-,15-,21-/m00/s1. The molecule has 8 rings (SSSR count). The summed E-state index contributed by atoms with van der Waals surface area (Å²) in [7, 11) is 6.30. The molecule has 334 valence electrons. The van der Waals surface area contributed by atoms with E-state index in [0.717, 1.165) is 12.0 Å². The van der Waals surface area contributed by atoms with E-state index in [1.165, 1.54) is 15.9 Å². The van der Waals surface area contributed by atoms with Gasteiger partial charge in [-0.1, -0.05) is 31.2 Å². The average Bonchev–Trinajstić information content (AvgIpc) is 3.19. The largest absolute Gasteiger partial charge is 0.508 e. The number of fused-ring (bicyclic) bond motifs is 6. The summed E-state index contributed by atoms with van der Waals surface area (Å²) in [5.74, 6) is -11.8. The summed E-state index contributed by atoms with van der Waals surface area (Å²) < 4.78 is 5.76. The number of Topliss-reactive ketones (excluding diaryl/α,β-unsaturated/α-hetero) is 4. The number of phenols is 1. The maximum Gasteiger partial charge on any atom is 0.255 e. The molecule has 8 atom stereocenters. The summed E-state index contributed by atoms with van der Waals surface area (Å²) in [5, 5.41) is 76.7. The van der Waals surface area contributed by atoms with Gasteiger partial charge in [0.25, 0.3) is 11.8 Å². The number of primary amides is 2. The van der Waals surface area contributed by atoms with Crippen LogP contribution in [0.15, 0.2) is 70.2 Å². The van der Waals surface area contributed by atoms with Crippen LogP contribution >= 0.6 is 0 Å². The number of hydrogen-bond acceptors (Lipinski definition) is 16. The predicted molar refractivity (Wildman–Crippen MR) is 223 cm³/mol. The van der Waals surface area contributed by atoms with Gasteiger partial charge in [-0.15, -0.1) is 0 Å². The highest BCUT2D eigenvalue weighted by atomic mass is 16.5. The molecule has 0 aliphatic heterocycles. The molecule has 6 aliphatic carbocycles. The molecule has 18 nitrogen and oxygen atoms in total. The second-order valence-electron chi connectivity index (χ2n) is 17.4. The van der Waals surface area contributed by atoms with Crippen molar-refractivity contribution < 1.29 is 69.2 Å². The predicted octanol–water partition coefficient (Wildman–Crippen LogP) is 1.01. The first-order chi connectivity index (χ1) is 29.6. The summed E-state index contributed by atoms with van der Waals surface area (Å²) in [4.78, 5) is 80.0. The maximum absolute atomic E-state index is 13.7. The van der Waals surface area contributed by atoms with Crippen molar-refractivity contribution in [3.05, 3.63) is 92.5 Å². The van der Waals surface area contributed by atoms with Gasteiger partial charge in [0.05, 0.1) is 29.8 Å². The van der Waals surface area contributed by atoms with E-state index in [9.17, 15) is 64.5 Å². The molecular formula is C45H50N4O14. The molecule has 0 spiro atoms. The lowest BCUT2D eigenvalue weighted by Crippen LogP contribution is -2.65. The molecule has 0 aromatic heterocycles. The maximum atomic E-state index is 13.7. The van der Waals surface area contributed by atoms with Crippen LogP contribution in [-0.2, 0) is 41.6 Å². The number of rotatable bonds is 7. The van der Waals surface area contributed by atoms with Crippen LogP contribution < -0.4 is 16.2 Å². The average molecular weight is 871 g/mol. The fourth-order valence-electron chi connectivity index (χ4n) is 10.7. The van der Waals surface area contributed by atoms with E-state index in [2.05, 4.69) is 0 Å². The van der Waals surface area contributed by atoms with E-state index < -0.39 is 110 Å². The van der Waals surface area contributed by atoms with Gasteiger partial charge in [-0.05, 0) is 95.4 Å². The van der Waals surface area contributed by atoms with Crippen molar-refractivity contribution in [2.45, 2.75) is 62.3 Å². The van der Waals surface area contributed by atoms with Crippen molar-refractivity contribution >= 4 is 46.5 Å². The quantitative estimate of drug-likeness (QED) is 0.175. The van der Waals surface area contributed by atoms with E-state index in [1.54, 1.807) is 46.4 Å². The third-order valence-corrected chi connectivity index (χ3v) is 13.4. The molecule has 2 fully saturated rings. The van der Waals surface area contributed by atoms with Crippen LogP contribution in [0.5, 0.6) is 11.5 Å². The van der Waals surface area contributed by atoms with Crippen LogP contribution in [0.4, 0.5) is 0 Å². The lowest BCUT2D eigenvalue weighted by atomic mass is 9.57. The number of aromatic hydroxyl groups is 1. The lowest BCUT2D eigenvalue weighted by Gasteiger charge is -2.50. The number of ketones is 4. The van der Waals surface area contributed by atoms with Crippen LogP contribution in [0, 0.1) is 23.7 Å². The second kappa shape index (κ2) is 15.8. The van der Waals surface area contributed by atoms with Crippen LogP contribution in [0.25, 0.3) is 11.5 Å². The first-order valence-electron chi connectivity index (χ1n) is 20.4. The molecule has 2 amide bonds. The van der Waals surface area contributed by atoms with Crippen LogP contribution in [0.2, 0.25) is 0 Å². The Morgan fingerprint density at radius 1 is 0.683 bits per heavy atom. The second-order valence-corrected chi connectivity index (χ2v) is 17.4. The molecule has 0 unspecified atom stereocenters. The first kappa shape index (κ1) is 44.7. The zero-order valence-corrected chi connectivity index (χ0v) is 35.2. The Balaban J connectivity index is 0.000000190. The summed E-state index contributed by atoms with van der Waals surface area (Å²) >= 11 is 0. The topological polar surface area (TPSA) is 312 Å². The minimum atomic E-state index is -2.60. The normalized spacial score (nSPS) is 29.9. The smallest absolute Gasteiger partial charge is 0.255 e. The zero-order valence-electron chi connectivity index (χ0n) is 35.2. The van der Waals surface area contributed by atoms with Crippen LogP contribution in [0.3, 0.4) is 0 Å². The fourth-order valence-corrected chi connectivity index (χ4v) is 10.7. The Morgan fingerprint density at radius 3 is 1.51 bits per heavy atom. The Morgan fingerprint density at radius 2 is 1.10 bits per heavy atom. The molecule has 0 saturated heterocycles. The number of ether oxygens (including phenoxy) is 1. The Labute approximate surface area is 361 Å². The number of phenolic OH excluding ortho intramolecular Hbond substituents is 1. The summed E-state index contributed by atoms with van der Waals surface area (Å²) in [6.45, 7) is 2.36. The first-order valence-corrected chi connectivity index (χ1v) is 20.4. The minimum Gasteiger partial charge on any atom is -0.508 e. The van der Waals surface area contributed by atoms with E-state index in [4.69, 9.17) is 16.2 Å². The molecule has 63 heavy (non-hydrogen) atoms. The van der Waals surface area contributed by atoms with Gasteiger partial charge in [0.2, 0.25) is 11.6 Å². The lowest BCUT2D eigenvalue weighted by molar-refractivity contribution is -0.155. The molecule has 2 aromatic carbocycles. The van der Waals surface area contributed by atoms with Crippen molar-refractivity contribution in [3.8, 4) is 11.5 Å². The zero-order chi connectivity index (χ0) is 46.4. The Bertz CT molecular complexity index is 2540. The number of nitrogens with zero attached hydrogens (tertiary/aromatic N) is 2. The third kappa shape index (κ3) is 6.45. The number of hydrogen-bond donors (Lipinski definition) is 9. The van der Waals surface area contributed by atoms with Gasteiger partial charge >= 0.3 is 0 Å². The fraction of sp³-hybridized carbons (Fsp3) is 0.422. The molecule has 0 radical (unpaired) electrons. The highest BCUT2D eigenvalue weighted by Crippen LogP contribution is 2.54. The molecule has 18 heteroatoms. The highest BCUT2D eigenvalue weighted by molar-refractivity contribution is 6.25. The number of amides is 2. The highest BCUT2D eigenvalue weighted by Gasteiger charge is 2.65. The van der Waals surface area contributed by atoms with Crippen LogP contribution in [-0.4, -0.2) is 139 Å². The molecule has 2 saturated carbocycles. The van der Waals surface area contributed by atoms with E-state index in [0.29, 0.717) is 36.3 Å². The summed E-state index contributed by atoms with van der Waals surface area (Å²) in [5.41, 5.74) is 5.50. The van der Waals surface area contributed by atoms with Crippen molar-refractivity contribution in [1.82, 2.24) is 9.80 Å². The monoisotopic (exact) mass is 870 g/mol. The van der Waals surface area contributed by atoms with Gasteiger partial charge in [0.1, 0.15) is 45.7 Å². The minimum absolute atomic E-state index is 0.0453. The third-order valence-electron chi connectivity index (χ3n) is 13.4. The summed E-state index contributed by atoms with van der Waals surface area (Å²) in [6, 6.07) is 7.91. The molecular weight excluding hydrogens is 821 g/mol. The molecule has 11 N–H and O–H groups in total. The van der Waals surface area contributed by atoms with Crippen molar-refractivity contribution in [2.75, 3.05) is 34.8 Å². The van der Waals surface area contributed by atoms with Crippen molar-refractivity contribution in [2.24, 2.45) is 35.1 Å². The van der Waals surface area contributed by atoms with E-state index in [-0.39, 0.29) is 41.1 Å². The number of carbonyl (C=O) groups excluding carboxylic acids is 6. The number of likely N-dealkylation sites (N-methyl/N-ethyl adjacent to an activating group) is 2. The molecule has 6 aliphatic rings. The number of aliphatic hydroxyl groups is 6. The van der Waals surface area contributed by atoms with Gasteiger partial charge in [0, 0.05) is 23.0 Å². The molecule has 0 heterocycles. The molecule has 2 aromatic rings. The molecule has 0 bridgehead atoms. The van der Waals surface area contributed by atoms with Gasteiger partial charge in [-0.3, -0.25) is 38.6 Å². The van der Waals surface area contributed by atoms with Gasteiger partial charge in [-0.2, -0.15) is 0 Å². The van der Waals surface area contributed by atoms with Crippen LogP contribution in [0.1, 0.15) is 48.4 Å². The van der Waals surface area contributed by atoms with Gasteiger partial charge < -0.3 is 51.9 Å². The Kier molecular flexibility index (Phi) is 11.2. The SMILES string of the molecule is CCCOc1cccc2c1C(O)=C1C(=O)[C@]3(O)C(O)=C(C(N)=O)C(=O)[C@@H](N(C)C)[C@@H]3C[C@@H]1C2.CN(C)[C@@H]1C(=O)C(C(N)=O)=C(O)[C@@]2(O)C(=O)C3=C(O)c4c(O)cccc4C[C@H]3C[C@@H]12. The van der Waals surface area contributed by atoms with Crippen molar-refractivity contribution in [3.63, 3.8) is 0 Å². The van der Waals surface area contributed by atoms with E-state index >= 15 is 0 Å². The van der Waals surface area contributed by atoms with Gasteiger partial charge in [0.15, 0.2) is 22.8 Å². The van der Waals surface area contributed by atoms with Crippen molar-refractivity contribution in [1.29, 1.82) is 0 Å². The number of carbonyl (C=O) groups is 6. The van der Waals surface area contributed by atoms with Gasteiger partial charge in [-0.25, -0.2) is 0 Å². The summed E-state index contributed by atoms with van der Waals surface area (Å²) in [6.07, 6.45) is 1.65. The van der Waals surface area contributed by atoms with E-state index in [1.807, 2.05) is 19.1 Å². The number of benzene rings is 2. The Hall–Kier alpha value is -6.34. The number of nitrogens with two attached hydrogens (primary N) is 2.